The Morgan fingerprint density at radius 1 is 1.20 bits per heavy atom. The fourth-order valence-corrected chi connectivity index (χ4v) is 5.92. The van der Waals surface area contributed by atoms with Crippen molar-refractivity contribution in [1.82, 2.24) is 24.8 Å². The van der Waals surface area contributed by atoms with Gasteiger partial charge in [0, 0.05) is 25.6 Å². The molecule has 6 rings (SSSR count). The number of carbonyl (C=O) groups excluding carboxylic acids is 3. The SMILES string of the molecule is CN(C(=O)[C@H](CC1CC1)n1cc(C(F)(F)F)nn1)[C@@H](CC1CC1)C(=O)N1C[C@@]2(C[C@H]1C#N)Oc1cc(F)cc(F)c1NC2=O. The minimum Gasteiger partial charge on any atom is -0.473 e. The van der Waals surface area contributed by atoms with Crippen LogP contribution in [-0.2, 0) is 20.6 Å². The number of fused-ring (bicyclic) bond motifs is 1. The molecule has 1 aromatic heterocycles. The first-order chi connectivity index (χ1) is 20.8. The van der Waals surface area contributed by atoms with Crippen molar-refractivity contribution >= 4 is 23.4 Å². The van der Waals surface area contributed by atoms with Crippen LogP contribution in [0.2, 0.25) is 0 Å². The molecule has 234 valence electrons. The molecule has 44 heavy (non-hydrogen) atoms. The van der Waals surface area contributed by atoms with E-state index in [1.165, 1.54) is 11.9 Å². The van der Waals surface area contributed by atoms with Gasteiger partial charge in [0.2, 0.25) is 17.4 Å². The maximum Gasteiger partial charge on any atom is 0.436 e. The molecule has 1 N–H and O–H groups in total. The van der Waals surface area contributed by atoms with Crippen LogP contribution >= 0.6 is 0 Å². The highest BCUT2D eigenvalue weighted by molar-refractivity contribution is 6.02. The van der Waals surface area contributed by atoms with E-state index in [-0.39, 0.29) is 42.5 Å². The molecule has 3 fully saturated rings. The second kappa shape index (κ2) is 10.7. The van der Waals surface area contributed by atoms with Crippen LogP contribution in [0.5, 0.6) is 5.75 Å². The molecule has 0 unspecified atom stereocenters. The number of rotatable bonds is 8. The number of amides is 3. The average Bonchev–Trinajstić information content (AvgIpc) is 3.88. The first kappa shape index (κ1) is 29.8. The van der Waals surface area contributed by atoms with Crippen molar-refractivity contribution in [2.75, 3.05) is 18.9 Å². The predicted octanol–water partition coefficient (Wildman–Crippen LogP) is 3.44. The minimum absolute atomic E-state index is 0.105. The van der Waals surface area contributed by atoms with Gasteiger partial charge in [0.15, 0.2) is 17.3 Å². The number of ether oxygens (including phenoxy) is 1. The molecular formula is C28H28F5N7O4. The fourth-order valence-electron chi connectivity index (χ4n) is 5.92. The molecule has 1 saturated heterocycles. The number of carbonyl (C=O) groups is 3. The Labute approximate surface area is 247 Å². The van der Waals surface area contributed by atoms with E-state index in [1.54, 1.807) is 0 Å². The molecule has 3 heterocycles. The Hall–Kier alpha value is -4.29. The van der Waals surface area contributed by atoms with Crippen molar-refractivity contribution in [3.63, 3.8) is 0 Å². The maximum atomic E-state index is 14.3. The van der Waals surface area contributed by atoms with Crippen LogP contribution in [0.4, 0.5) is 27.6 Å². The quantitative estimate of drug-likeness (QED) is 0.447. The van der Waals surface area contributed by atoms with E-state index in [0.717, 1.165) is 41.3 Å². The molecular weight excluding hydrogens is 593 g/mol. The lowest BCUT2D eigenvalue weighted by Crippen LogP contribution is -2.56. The van der Waals surface area contributed by atoms with Crippen molar-refractivity contribution < 1.29 is 41.1 Å². The Morgan fingerprint density at radius 3 is 2.50 bits per heavy atom. The molecule has 1 aromatic carbocycles. The predicted molar refractivity (Wildman–Crippen MR) is 139 cm³/mol. The molecule has 4 atom stereocenters. The number of hydrogen-bond acceptors (Lipinski definition) is 7. The van der Waals surface area contributed by atoms with E-state index >= 15 is 0 Å². The normalized spacial score (nSPS) is 24.2. The Morgan fingerprint density at radius 2 is 1.89 bits per heavy atom. The van der Waals surface area contributed by atoms with E-state index < -0.39 is 71.5 Å². The van der Waals surface area contributed by atoms with E-state index in [9.17, 15) is 41.6 Å². The molecule has 16 heteroatoms. The molecule has 2 aromatic rings. The van der Waals surface area contributed by atoms with Crippen LogP contribution in [0.3, 0.4) is 0 Å². The van der Waals surface area contributed by atoms with E-state index in [0.29, 0.717) is 12.3 Å². The number of likely N-dealkylation sites (tertiary alicyclic amines) is 1. The third-order valence-electron chi connectivity index (χ3n) is 8.75. The zero-order valence-electron chi connectivity index (χ0n) is 23.5. The Bertz CT molecular complexity index is 1550. The van der Waals surface area contributed by atoms with Gasteiger partial charge in [-0.25, -0.2) is 13.5 Å². The summed E-state index contributed by atoms with van der Waals surface area (Å²) in [7, 11) is 1.38. The van der Waals surface area contributed by atoms with Gasteiger partial charge in [-0.15, -0.1) is 5.10 Å². The van der Waals surface area contributed by atoms with Gasteiger partial charge in [0.25, 0.3) is 5.91 Å². The highest BCUT2D eigenvalue weighted by Crippen LogP contribution is 2.43. The van der Waals surface area contributed by atoms with Crippen molar-refractivity contribution in [2.24, 2.45) is 11.8 Å². The second-order valence-corrected chi connectivity index (χ2v) is 12.0. The van der Waals surface area contributed by atoms with Gasteiger partial charge >= 0.3 is 6.18 Å². The number of nitrogens with zero attached hydrogens (tertiary/aromatic N) is 6. The van der Waals surface area contributed by atoms with Crippen molar-refractivity contribution in [3.8, 4) is 11.8 Å². The van der Waals surface area contributed by atoms with E-state index in [4.69, 9.17) is 4.74 Å². The summed E-state index contributed by atoms with van der Waals surface area (Å²) < 4.78 is 74.7. The summed E-state index contributed by atoms with van der Waals surface area (Å²) in [6.07, 6.45) is -0.718. The fraction of sp³-hybridized carbons (Fsp3) is 0.571. The van der Waals surface area contributed by atoms with Crippen LogP contribution in [-0.4, -0.2) is 73.8 Å². The first-order valence-corrected chi connectivity index (χ1v) is 14.2. The highest BCUT2D eigenvalue weighted by Gasteiger charge is 2.57. The topological polar surface area (TPSA) is 133 Å². The number of aromatic nitrogens is 3. The van der Waals surface area contributed by atoms with Gasteiger partial charge < -0.3 is 19.9 Å². The van der Waals surface area contributed by atoms with E-state index in [2.05, 4.69) is 15.6 Å². The summed E-state index contributed by atoms with van der Waals surface area (Å²) in [5, 5.41) is 19.1. The molecule has 1 spiro atoms. The molecule has 2 aliphatic carbocycles. The van der Waals surface area contributed by atoms with Crippen molar-refractivity contribution in [1.29, 1.82) is 5.26 Å². The molecule has 0 bridgehead atoms. The monoisotopic (exact) mass is 621 g/mol. The smallest absolute Gasteiger partial charge is 0.436 e. The summed E-state index contributed by atoms with van der Waals surface area (Å²) in [6, 6.07) is 0.0353. The lowest BCUT2D eigenvalue weighted by Gasteiger charge is -2.36. The highest BCUT2D eigenvalue weighted by atomic mass is 19.4. The van der Waals surface area contributed by atoms with E-state index in [1.807, 2.05) is 6.07 Å². The summed E-state index contributed by atoms with van der Waals surface area (Å²) >= 11 is 0. The molecule has 0 radical (unpaired) electrons. The van der Waals surface area contributed by atoms with Gasteiger partial charge in [-0.1, -0.05) is 30.9 Å². The van der Waals surface area contributed by atoms with Gasteiger partial charge in [-0.05, 0) is 24.7 Å². The lowest BCUT2D eigenvalue weighted by molar-refractivity contribution is -0.148. The summed E-state index contributed by atoms with van der Waals surface area (Å²) in [5.41, 5.74) is -3.43. The Balaban J connectivity index is 1.27. The number of likely N-dealkylation sites (N-methyl/N-ethyl adjacent to an activating group) is 1. The average molecular weight is 622 g/mol. The van der Waals surface area contributed by atoms with Crippen LogP contribution in [0.25, 0.3) is 0 Å². The van der Waals surface area contributed by atoms with Crippen LogP contribution in [0, 0.1) is 34.8 Å². The number of nitriles is 1. The number of anilines is 1. The lowest BCUT2D eigenvalue weighted by atomic mass is 9.97. The van der Waals surface area contributed by atoms with Crippen molar-refractivity contribution in [2.45, 2.75) is 74.8 Å². The largest absolute Gasteiger partial charge is 0.473 e. The standard InChI is InChI=1S/C28H28F5N7O4/c1-38(24(41)20(7-15-4-5-15)40-12-22(36-37-40)28(31,32)33)19(6-14-2-3-14)25(42)39-13-27(10-17(39)11-34)26(43)35-23-18(30)8-16(29)9-21(23)44-27/h8-9,12,14-15,17,19-20H,2-7,10,13H2,1H3,(H,35,43)/t17-,19-,20-,27+/m0/s1. The Kier molecular flexibility index (Phi) is 7.24. The summed E-state index contributed by atoms with van der Waals surface area (Å²) in [5.74, 6) is -4.18. The van der Waals surface area contributed by atoms with Crippen LogP contribution in [0.1, 0.15) is 56.7 Å². The number of halogens is 5. The third kappa shape index (κ3) is 5.55. The number of benzene rings is 1. The first-order valence-electron chi connectivity index (χ1n) is 14.2. The molecule has 11 nitrogen and oxygen atoms in total. The second-order valence-electron chi connectivity index (χ2n) is 12.0. The van der Waals surface area contributed by atoms with Crippen molar-refractivity contribution in [3.05, 3.63) is 35.7 Å². The van der Waals surface area contributed by atoms with Gasteiger partial charge in [-0.3, -0.25) is 14.4 Å². The molecule has 2 saturated carbocycles. The third-order valence-corrected chi connectivity index (χ3v) is 8.75. The molecule has 3 amide bonds. The maximum absolute atomic E-state index is 14.3. The minimum atomic E-state index is -4.76. The molecule has 4 aliphatic rings. The van der Waals surface area contributed by atoms with Gasteiger partial charge in [0.05, 0.1) is 18.8 Å². The zero-order valence-corrected chi connectivity index (χ0v) is 23.5. The summed E-state index contributed by atoms with van der Waals surface area (Å²) in [4.78, 5) is 43.5. The summed E-state index contributed by atoms with van der Waals surface area (Å²) in [6.45, 7) is -0.430. The zero-order chi connectivity index (χ0) is 31.6. The van der Waals surface area contributed by atoms with Crippen LogP contribution < -0.4 is 10.1 Å². The molecule has 2 aliphatic heterocycles. The van der Waals surface area contributed by atoms with Crippen LogP contribution in [0.15, 0.2) is 18.3 Å². The van der Waals surface area contributed by atoms with Gasteiger partial charge in [-0.2, -0.15) is 18.4 Å². The van der Waals surface area contributed by atoms with Gasteiger partial charge in [0.1, 0.15) is 29.6 Å². The number of nitrogens with one attached hydrogen (secondary N) is 1. The number of alkyl halides is 3. The number of hydrogen-bond donors (Lipinski definition) is 1.